The Hall–Kier alpha value is -1.70. The van der Waals surface area contributed by atoms with E-state index in [1.54, 1.807) is 10.6 Å². The average Bonchev–Trinajstić information content (AvgIpc) is 2.81. The van der Waals surface area contributed by atoms with Crippen molar-refractivity contribution >= 4 is 35.3 Å². The van der Waals surface area contributed by atoms with Crippen LogP contribution in [0.5, 0.6) is 0 Å². The van der Waals surface area contributed by atoms with Gasteiger partial charge in [0.15, 0.2) is 0 Å². The van der Waals surface area contributed by atoms with Crippen LogP contribution < -0.4 is 15.5 Å². The molecule has 0 fully saturated rings. The number of anilines is 1. The summed E-state index contributed by atoms with van der Waals surface area (Å²) in [5.74, 6) is -0.639. The van der Waals surface area contributed by atoms with Gasteiger partial charge in [-0.25, -0.2) is 4.39 Å². The Kier molecular flexibility index (Phi) is 6.37. The van der Waals surface area contributed by atoms with Crippen molar-refractivity contribution in [1.82, 2.24) is 9.88 Å². The predicted octanol–water partition coefficient (Wildman–Crippen LogP) is 2.76. The Morgan fingerprint density at radius 2 is 2.16 bits per heavy atom. The van der Waals surface area contributed by atoms with E-state index in [-0.39, 0.29) is 41.1 Å². The second kappa shape index (κ2) is 8.12. The molecule has 2 aromatic rings. The fourth-order valence-corrected chi connectivity index (χ4v) is 3.76. The van der Waals surface area contributed by atoms with Crippen LogP contribution in [0.3, 0.4) is 0 Å². The molecule has 1 amide bonds. The molecule has 1 aliphatic heterocycles. The first kappa shape index (κ1) is 19.6. The molecule has 0 bridgehead atoms. The molecular weight excluding hydrogens is 365 g/mol. The van der Waals surface area contributed by atoms with E-state index in [9.17, 15) is 14.0 Å². The number of nitrogens with one attached hydrogen (secondary N) is 2. The Labute approximate surface area is 155 Å². The van der Waals surface area contributed by atoms with Gasteiger partial charge in [0, 0.05) is 30.1 Å². The molecule has 8 heteroatoms. The maximum Gasteiger partial charge on any atom is 0.307 e. The van der Waals surface area contributed by atoms with E-state index in [0.717, 1.165) is 22.7 Å². The van der Waals surface area contributed by atoms with Crippen LogP contribution >= 0.6 is 23.7 Å². The lowest BCUT2D eigenvalue weighted by Gasteiger charge is -2.19. The number of amides is 1. The van der Waals surface area contributed by atoms with Gasteiger partial charge >= 0.3 is 4.87 Å². The van der Waals surface area contributed by atoms with E-state index in [4.69, 9.17) is 0 Å². The summed E-state index contributed by atoms with van der Waals surface area (Å²) in [5, 5.41) is 5.82. The number of hydrogen-bond donors (Lipinski definition) is 2. The molecule has 0 unspecified atom stereocenters. The number of thiazole rings is 1. The number of benzene rings is 1. The molecule has 2 heterocycles. The summed E-state index contributed by atoms with van der Waals surface area (Å²) in [5.41, 5.74) is 2.70. The quantitative estimate of drug-likeness (QED) is 0.850. The van der Waals surface area contributed by atoms with E-state index in [1.807, 2.05) is 19.9 Å². The number of carbonyl (C=O) groups is 1. The first-order chi connectivity index (χ1) is 11.5. The van der Waals surface area contributed by atoms with Crippen molar-refractivity contribution in [3.8, 4) is 0 Å². The van der Waals surface area contributed by atoms with E-state index < -0.39 is 0 Å². The van der Waals surface area contributed by atoms with Crippen molar-refractivity contribution in [3.05, 3.63) is 49.3 Å². The minimum absolute atomic E-state index is 0. The van der Waals surface area contributed by atoms with Crippen LogP contribution in [0.4, 0.5) is 10.1 Å². The van der Waals surface area contributed by atoms with E-state index in [1.165, 1.54) is 11.3 Å². The lowest BCUT2D eigenvalue weighted by Crippen LogP contribution is -2.25. The van der Waals surface area contributed by atoms with Crippen LogP contribution in [0, 0.1) is 19.7 Å². The Balaban J connectivity index is 0.00000225. The van der Waals surface area contributed by atoms with Gasteiger partial charge in [0.25, 0.3) is 0 Å². The SMILES string of the molecule is Cc1sc(=O)n(CCC(=O)Nc2ccc3c(c2F)CCNC3)c1C.Cl. The second-order valence-electron chi connectivity index (χ2n) is 5.95. The maximum absolute atomic E-state index is 14.5. The predicted molar refractivity (Wildman–Crippen MR) is 100 cm³/mol. The molecule has 0 radical (unpaired) electrons. The van der Waals surface area contributed by atoms with Gasteiger partial charge < -0.3 is 15.2 Å². The standard InChI is InChI=1S/C17H20FN3O2S.ClH/c1-10-11(2)24-17(23)21(10)8-6-15(22)20-14-4-3-12-9-19-7-5-13(12)16(14)18;/h3-4,19H,5-9H2,1-2H3,(H,20,22);1H. The van der Waals surface area contributed by atoms with Crippen LogP contribution in [-0.2, 0) is 24.3 Å². The topological polar surface area (TPSA) is 63.1 Å². The van der Waals surface area contributed by atoms with Crippen molar-refractivity contribution in [2.45, 2.75) is 39.8 Å². The molecule has 1 aromatic heterocycles. The van der Waals surface area contributed by atoms with Crippen LogP contribution in [0.2, 0.25) is 0 Å². The lowest BCUT2D eigenvalue weighted by molar-refractivity contribution is -0.116. The molecule has 5 nitrogen and oxygen atoms in total. The first-order valence-electron chi connectivity index (χ1n) is 7.95. The van der Waals surface area contributed by atoms with Gasteiger partial charge in [0.2, 0.25) is 5.91 Å². The van der Waals surface area contributed by atoms with Crippen LogP contribution in [0.15, 0.2) is 16.9 Å². The lowest BCUT2D eigenvalue weighted by atomic mass is 9.99. The molecule has 1 aliphatic rings. The van der Waals surface area contributed by atoms with Gasteiger partial charge in [0.1, 0.15) is 5.82 Å². The molecular formula is C17H21ClFN3O2S. The highest BCUT2D eigenvalue weighted by Gasteiger charge is 2.17. The monoisotopic (exact) mass is 385 g/mol. The molecule has 0 aliphatic carbocycles. The first-order valence-corrected chi connectivity index (χ1v) is 8.76. The number of hydrogen-bond acceptors (Lipinski definition) is 4. The summed E-state index contributed by atoms with van der Waals surface area (Å²) in [6, 6.07) is 3.45. The molecule has 0 spiro atoms. The number of rotatable bonds is 4. The Bertz CT molecular complexity index is 847. The molecule has 0 atom stereocenters. The van der Waals surface area contributed by atoms with Gasteiger partial charge in [-0.3, -0.25) is 9.59 Å². The number of nitrogens with zero attached hydrogens (tertiary/aromatic N) is 1. The summed E-state index contributed by atoms with van der Waals surface area (Å²) >= 11 is 1.18. The summed E-state index contributed by atoms with van der Waals surface area (Å²) in [4.78, 5) is 24.9. The zero-order valence-electron chi connectivity index (χ0n) is 14.1. The third-order valence-corrected chi connectivity index (χ3v) is 5.42. The van der Waals surface area contributed by atoms with Crippen molar-refractivity contribution in [2.75, 3.05) is 11.9 Å². The summed E-state index contributed by atoms with van der Waals surface area (Å²) in [6.07, 6.45) is 0.753. The fourth-order valence-electron chi connectivity index (χ4n) is 2.90. The van der Waals surface area contributed by atoms with Crippen LogP contribution in [-0.4, -0.2) is 17.0 Å². The van der Waals surface area contributed by atoms with Crippen LogP contribution in [0.1, 0.15) is 28.1 Å². The second-order valence-corrected chi connectivity index (χ2v) is 7.12. The summed E-state index contributed by atoms with van der Waals surface area (Å²) in [6.45, 7) is 5.44. The minimum Gasteiger partial charge on any atom is -0.324 e. The largest absolute Gasteiger partial charge is 0.324 e. The molecule has 0 saturated carbocycles. The van der Waals surface area contributed by atoms with Crippen LogP contribution in [0.25, 0.3) is 0 Å². The highest BCUT2D eigenvalue weighted by atomic mass is 35.5. The fraction of sp³-hybridized carbons (Fsp3) is 0.412. The third-order valence-electron chi connectivity index (χ3n) is 4.42. The minimum atomic E-state index is -0.345. The molecule has 1 aromatic carbocycles. The van der Waals surface area contributed by atoms with Gasteiger partial charge in [-0.15, -0.1) is 12.4 Å². The van der Waals surface area contributed by atoms with Crippen molar-refractivity contribution in [2.24, 2.45) is 0 Å². The number of halogens is 2. The highest BCUT2D eigenvalue weighted by Crippen LogP contribution is 2.24. The Morgan fingerprint density at radius 1 is 1.40 bits per heavy atom. The van der Waals surface area contributed by atoms with Gasteiger partial charge in [0.05, 0.1) is 5.69 Å². The van der Waals surface area contributed by atoms with E-state index in [0.29, 0.717) is 25.1 Å². The number of aromatic nitrogens is 1. The van der Waals surface area contributed by atoms with Gasteiger partial charge in [-0.1, -0.05) is 17.4 Å². The van der Waals surface area contributed by atoms with Crippen molar-refractivity contribution < 1.29 is 9.18 Å². The maximum atomic E-state index is 14.5. The smallest absolute Gasteiger partial charge is 0.307 e. The number of carbonyl (C=O) groups excluding carboxylic acids is 1. The molecule has 3 rings (SSSR count). The molecule has 136 valence electrons. The molecule has 0 saturated heterocycles. The Morgan fingerprint density at radius 3 is 2.84 bits per heavy atom. The summed E-state index contributed by atoms with van der Waals surface area (Å²) < 4.78 is 16.1. The molecule has 2 N–H and O–H groups in total. The zero-order chi connectivity index (χ0) is 17.3. The molecule has 25 heavy (non-hydrogen) atoms. The van der Waals surface area contributed by atoms with E-state index >= 15 is 0 Å². The van der Waals surface area contributed by atoms with Gasteiger partial charge in [-0.2, -0.15) is 0 Å². The van der Waals surface area contributed by atoms with Crippen molar-refractivity contribution in [1.29, 1.82) is 0 Å². The summed E-state index contributed by atoms with van der Waals surface area (Å²) in [7, 11) is 0. The number of fused-ring (bicyclic) bond motifs is 1. The van der Waals surface area contributed by atoms with Gasteiger partial charge in [-0.05, 0) is 44.0 Å². The number of aryl methyl sites for hydroxylation is 1. The van der Waals surface area contributed by atoms with Crippen molar-refractivity contribution in [3.63, 3.8) is 0 Å². The van der Waals surface area contributed by atoms with E-state index in [2.05, 4.69) is 10.6 Å². The zero-order valence-corrected chi connectivity index (χ0v) is 15.8. The highest BCUT2D eigenvalue weighted by molar-refractivity contribution is 7.09. The normalized spacial score (nSPS) is 13.1. The third kappa shape index (κ3) is 4.11. The average molecular weight is 386 g/mol.